The summed E-state index contributed by atoms with van der Waals surface area (Å²) in [6.45, 7) is 0. The fourth-order valence-electron chi connectivity index (χ4n) is 0. The average molecular weight is 309 g/mol. The van der Waals surface area contributed by atoms with Crippen molar-refractivity contribution in [3.63, 3.8) is 0 Å². The lowest BCUT2D eigenvalue weighted by Gasteiger charge is -1.69. The van der Waals surface area contributed by atoms with E-state index >= 15 is 0 Å². The lowest BCUT2D eigenvalue weighted by Crippen LogP contribution is -2.07. The molecule has 20 heteroatoms. The lowest BCUT2D eigenvalue weighted by molar-refractivity contribution is 0.276. The molecule has 0 atom stereocenters. The normalized spacial score (nSPS) is 6.75. The van der Waals surface area contributed by atoms with Gasteiger partial charge in [-0.3, -0.25) is 0 Å². The highest BCUT2D eigenvalue weighted by molar-refractivity contribution is 6.31. The van der Waals surface area contributed by atoms with E-state index in [0.717, 1.165) is 0 Å². The summed E-state index contributed by atoms with van der Waals surface area (Å²) in [5.41, 5.74) is 0. The van der Waals surface area contributed by atoms with Crippen LogP contribution in [0.25, 0.3) is 0 Å². The Kier molecular flexibility index (Phi) is 43.3. The second kappa shape index (κ2) is 27.1. The molecule has 0 aromatic rings. The zero-order chi connectivity index (χ0) is 17.9. The molecular weight excluding hydrogens is 294 g/mol. The third-order valence-electron chi connectivity index (χ3n) is 0. The molecule has 15 nitrogen and oxygen atoms in total. The quantitative estimate of drug-likeness (QED) is 0.184. The first kappa shape index (κ1) is 31.9. The minimum absolute atomic E-state index is 2.17. The third-order valence-corrected chi connectivity index (χ3v) is 0. The smallest absolute Gasteiger partial charge is 0.402 e. The third kappa shape index (κ3) is 65400. The maximum Gasteiger partial charge on any atom is 0.631 e. The highest BCUT2D eigenvalue weighted by Gasteiger charge is 1.94. The van der Waals surface area contributed by atoms with E-state index in [1.165, 1.54) is 0 Å². The van der Waals surface area contributed by atoms with Crippen LogP contribution in [0.5, 0.6) is 0 Å². The molecule has 0 saturated carbocycles. The summed E-state index contributed by atoms with van der Waals surface area (Å²) in [5.74, 6) is 0. The molecule has 0 aliphatic carbocycles. The van der Waals surface area contributed by atoms with Crippen molar-refractivity contribution < 1.29 is 75.4 Å². The number of rotatable bonds is 0. The van der Waals surface area contributed by atoms with E-state index in [0.29, 0.717) is 0 Å². The first-order valence-electron chi connectivity index (χ1n) is 3.87. The summed E-state index contributed by atoms with van der Waals surface area (Å²) in [4.78, 5) is 0. The van der Waals surface area contributed by atoms with Gasteiger partial charge in [-0.1, -0.05) is 0 Å². The van der Waals surface area contributed by atoms with Crippen molar-refractivity contribution >= 4 is 36.6 Å². The molecule has 120 valence electrons. The van der Waals surface area contributed by atoms with Gasteiger partial charge in [-0.15, -0.1) is 0 Å². The largest absolute Gasteiger partial charge is 0.631 e. The summed E-state index contributed by atoms with van der Waals surface area (Å²) < 4.78 is 0. The van der Waals surface area contributed by atoms with Gasteiger partial charge in [0.2, 0.25) is 0 Å². The van der Waals surface area contributed by atoms with Gasteiger partial charge in [0.25, 0.3) is 0 Å². The molecule has 0 aromatic heterocycles. The van der Waals surface area contributed by atoms with Crippen LogP contribution in [0.3, 0.4) is 0 Å². The van der Waals surface area contributed by atoms with Crippen molar-refractivity contribution in [3.8, 4) is 0 Å². The standard InChI is InChI=1S/5BH3O3/c5*2-1(3)4/h5*2-4H. The second-order valence-electron chi connectivity index (χ2n) is 1.73. The fourth-order valence-corrected chi connectivity index (χ4v) is 0. The molecule has 0 aliphatic rings. The Labute approximate surface area is 113 Å². The molecule has 0 aromatic carbocycles. The van der Waals surface area contributed by atoms with E-state index < -0.39 is 36.6 Å². The molecule has 15 N–H and O–H groups in total. The first-order valence-corrected chi connectivity index (χ1v) is 3.87. The zero-order valence-corrected chi connectivity index (χ0v) is 9.59. The van der Waals surface area contributed by atoms with Crippen LogP contribution in [0.1, 0.15) is 0 Å². The van der Waals surface area contributed by atoms with E-state index in [1.807, 2.05) is 0 Å². The first-order chi connectivity index (χ1) is 8.66. The molecule has 0 saturated heterocycles. The van der Waals surface area contributed by atoms with E-state index in [2.05, 4.69) is 0 Å². The summed E-state index contributed by atoms with van der Waals surface area (Å²) >= 11 is 0. The van der Waals surface area contributed by atoms with E-state index in [-0.39, 0.29) is 0 Å². The van der Waals surface area contributed by atoms with Gasteiger partial charge in [0, 0.05) is 0 Å². The van der Waals surface area contributed by atoms with Crippen molar-refractivity contribution in [1.29, 1.82) is 0 Å². The summed E-state index contributed by atoms with van der Waals surface area (Å²) in [6, 6.07) is 0. The van der Waals surface area contributed by atoms with Crippen molar-refractivity contribution in [2.75, 3.05) is 0 Å². The molecule has 0 rings (SSSR count). The summed E-state index contributed by atoms with van der Waals surface area (Å²) in [7, 11) is -10.8. The molecule has 0 amide bonds. The van der Waals surface area contributed by atoms with Gasteiger partial charge in [0.05, 0.1) is 0 Å². The van der Waals surface area contributed by atoms with E-state index in [1.54, 1.807) is 0 Å². The zero-order valence-electron chi connectivity index (χ0n) is 9.59. The van der Waals surface area contributed by atoms with Crippen LogP contribution in [-0.2, 0) is 0 Å². The van der Waals surface area contributed by atoms with E-state index in [9.17, 15) is 0 Å². The van der Waals surface area contributed by atoms with Crippen LogP contribution in [-0.4, -0.2) is 112 Å². The summed E-state index contributed by atoms with van der Waals surface area (Å²) in [5, 5.41) is 108. The minimum atomic E-state index is -2.17. The van der Waals surface area contributed by atoms with Crippen LogP contribution in [0, 0.1) is 0 Å². The Balaban J connectivity index is -0.0000000469. The molecule has 0 unspecified atom stereocenters. The van der Waals surface area contributed by atoms with E-state index in [4.69, 9.17) is 75.4 Å². The van der Waals surface area contributed by atoms with Crippen LogP contribution in [0.4, 0.5) is 0 Å². The van der Waals surface area contributed by atoms with Gasteiger partial charge in [0.15, 0.2) is 0 Å². The van der Waals surface area contributed by atoms with Gasteiger partial charge in [0.1, 0.15) is 0 Å². The number of hydrogen-bond acceptors (Lipinski definition) is 15. The molecule has 20 heavy (non-hydrogen) atoms. The van der Waals surface area contributed by atoms with Crippen molar-refractivity contribution in [2.24, 2.45) is 0 Å². The minimum Gasteiger partial charge on any atom is -0.402 e. The van der Waals surface area contributed by atoms with Crippen LogP contribution >= 0.6 is 0 Å². The van der Waals surface area contributed by atoms with Crippen molar-refractivity contribution in [1.82, 2.24) is 0 Å². The monoisotopic (exact) mass is 310 g/mol. The predicted molar refractivity (Wildman–Crippen MR) is 62.1 cm³/mol. The van der Waals surface area contributed by atoms with Gasteiger partial charge in [-0.2, -0.15) is 0 Å². The topological polar surface area (TPSA) is 303 Å². The van der Waals surface area contributed by atoms with Crippen LogP contribution < -0.4 is 0 Å². The lowest BCUT2D eigenvalue weighted by atomic mass is 10.3. The highest BCUT2D eigenvalue weighted by Crippen LogP contribution is 1.41. The van der Waals surface area contributed by atoms with Gasteiger partial charge in [-0.25, -0.2) is 0 Å². The Bertz CT molecular complexity index is 74.8. The Morgan fingerprint density at radius 1 is 0.200 bits per heavy atom. The molecule has 0 spiro atoms. The Morgan fingerprint density at radius 3 is 0.200 bits per heavy atom. The van der Waals surface area contributed by atoms with Crippen molar-refractivity contribution in [3.05, 3.63) is 0 Å². The summed E-state index contributed by atoms with van der Waals surface area (Å²) in [6.07, 6.45) is 0. The second-order valence-corrected chi connectivity index (χ2v) is 1.73. The van der Waals surface area contributed by atoms with Gasteiger partial charge in [-0.05, 0) is 0 Å². The molecule has 0 radical (unpaired) electrons. The molecule has 0 fully saturated rings. The van der Waals surface area contributed by atoms with Crippen LogP contribution in [0.15, 0.2) is 0 Å². The molecule has 0 aliphatic heterocycles. The maximum atomic E-state index is 7.17. The van der Waals surface area contributed by atoms with Gasteiger partial charge < -0.3 is 75.4 Å². The van der Waals surface area contributed by atoms with Gasteiger partial charge >= 0.3 is 36.6 Å². The fraction of sp³-hybridized carbons (Fsp3) is 0. The maximum absolute atomic E-state index is 7.17. The Morgan fingerprint density at radius 2 is 0.200 bits per heavy atom. The molecule has 0 heterocycles. The molecule has 0 bridgehead atoms. The SMILES string of the molecule is OB(O)O.OB(O)O.OB(O)O.OB(O)O.OB(O)O. The number of hydrogen-bond donors (Lipinski definition) is 15. The average Bonchev–Trinajstić information content (AvgIpc) is 1.94. The van der Waals surface area contributed by atoms with Crippen molar-refractivity contribution in [2.45, 2.75) is 0 Å². The predicted octanol–water partition coefficient (Wildman–Crippen LogP) is -10.3. The van der Waals surface area contributed by atoms with Crippen LogP contribution in [0.2, 0.25) is 0 Å². The highest BCUT2D eigenvalue weighted by atomic mass is 16.5. The Hall–Kier alpha value is -0.275. The molecular formula is H15B5O15.